The molecule has 1 unspecified atom stereocenters. The van der Waals surface area contributed by atoms with E-state index in [1.54, 1.807) is 7.05 Å². The van der Waals surface area contributed by atoms with E-state index < -0.39 is 11.5 Å². The molecule has 0 spiro atoms. The number of carboxylic acid groups (broad SMARTS) is 1. The van der Waals surface area contributed by atoms with E-state index in [2.05, 4.69) is 5.32 Å². The Labute approximate surface area is 119 Å². The molecule has 0 aliphatic heterocycles. The highest BCUT2D eigenvalue weighted by atomic mass is 16.5. The molecule has 5 heteroatoms. The van der Waals surface area contributed by atoms with Gasteiger partial charge in [-0.15, -0.1) is 0 Å². The lowest BCUT2D eigenvalue weighted by atomic mass is 9.87. The maximum atomic E-state index is 11.7. The Balaban J connectivity index is 2.64. The van der Waals surface area contributed by atoms with Crippen molar-refractivity contribution in [3.63, 3.8) is 0 Å². The van der Waals surface area contributed by atoms with Crippen molar-refractivity contribution in [2.24, 2.45) is 0 Å². The summed E-state index contributed by atoms with van der Waals surface area (Å²) in [4.78, 5) is 11.7. The zero-order valence-electron chi connectivity index (χ0n) is 12.1. The molecule has 0 saturated carbocycles. The molecular weight excluding hydrogens is 258 g/mol. The normalized spacial score (nSPS) is 13.9. The van der Waals surface area contributed by atoms with E-state index in [1.807, 2.05) is 37.3 Å². The molecular formula is C15H23NO4. The zero-order valence-corrected chi connectivity index (χ0v) is 12.1. The molecule has 0 aliphatic rings. The van der Waals surface area contributed by atoms with E-state index in [9.17, 15) is 9.90 Å². The van der Waals surface area contributed by atoms with Crippen LogP contribution in [0.15, 0.2) is 30.3 Å². The number of likely N-dealkylation sites (N-methyl/N-ethyl adjacent to an activating group) is 1. The third kappa shape index (κ3) is 4.30. The summed E-state index contributed by atoms with van der Waals surface area (Å²) in [5.74, 6) is -0.903. The molecule has 0 aliphatic carbocycles. The van der Waals surface area contributed by atoms with Crippen LogP contribution in [-0.4, -0.2) is 44.6 Å². The summed E-state index contributed by atoms with van der Waals surface area (Å²) in [6.07, 6.45) is 0.356. The van der Waals surface area contributed by atoms with Crippen molar-refractivity contribution in [1.29, 1.82) is 0 Å². The van der Waals surface area contributed by atoms with Gasteiger partial charge in [0.05, 0.1) is 13.2 Å². The molecule has 0 saturated heterocycles. The lowest BCUT2D eigenvalue weighted by Gasteiger charge is -2.29. The molecule has 1 aromatic rings. The van der Waals surface area contributed by atoms with Crippen LogP contribution in [0.25, 0.3) is 0 Å². The van der Waals surface area contributed by atoms with Crippen LogP contribution in [0.3, 0.4) is 0 Å². The minimum atomic E-state index is -1.12. The number of benzene rings is 1. The molecule has 0 bridgehead atoms. The van der Waals surface area contributed by atoms with Gasteiger partial charge >= 0.3 is 5.97 Å². The predicted molar refractivity (Wildman–Crippen MR) is 76.7 cm³/mol. The average Bonchev–Trinajstić information content (AvgIpc) is 2.47. The highest BCUT2D eigenvalue weighted by Gasteiger charge is 2.38. The van der Waals surface area contributed by atoms with Crippen LogP contribution in [0.2, 0.25) is 0 Å². The lowest BCUT2D eigenvalue weighted by molar-refractivity contribution is -0.146. The van der Waals surface area contributed by atoms with Gasteiger partial charge in [-0.2, -0.15) is 0 Å². The molecule has 0 amide bonds. The molecule has 20 heavy (non-hydrogen) atoms. The molecule has 0 heterocycles. The van der Waals surface area contributed by atoms with Gasteiger partial charge in [-0.25, -0.2) is 4.79 Å². The summed E-state index contributed by atoms with van der Waals surface area (Å²) in [6.45, 7) is 3.94. The topological polar surface area (TPSA) is 67.8 Å². The lowest BCUT2D eigenvalue weighted by Crippen LogP contribution is -2.48. The summed E-state index contributed by atoms with van der Waals surface area (Å²) < 4.78 is 10.6. The Morgan fingerprint density at radius 2 is 1.85 bits per heavy atom. The highest BCUT2D eigenvalue weighted by molar-refractivity contribution is 5.80. The van der Waals surface area contributed by atoms with Gasteiger partial charge in [-0.05, 0) is 19.5 Å². The molecule has 0 radical (unpaired) electrons. The van der Waals surface area contributed by atoms with Gasteiger partial charge in [-0.3, -0.25) is 0 Å². The first-order chi connectivity index (χ1) is 9.67. The summed E-state index contributed by atoms with van der Waals surface area (Å²) in [7, 11) is 1.65. The maximum Gasteiger partial charge on any atom is 0.328 e. The van der Waals surface area contributed by atoms with Crippen LogP contribution < -0.4 is 5.32 Å². The van der Waals surface area contributed by atoms with Crippen LogP contribution in [-0.2, 0) is 19.8 Å². The minimum absolute atomic E-state index is 0.356. The van der Waals surface area contributed by atoms with Gasteiger partial charge in [-0.1, -0.05) is 30.3 Å². The third-order valence-corrected chi connectivity index (χ3v) is 3.26. The highest BCUT2D eigenvalue weighted by Crippen LogP contribution is 2.25. The van der Waals surface area contributed by atoms with Crippen LogP contribution in [0, 0.1) is 0 Å². The average molecular weight is 281 g/mol. The largest absolute Gasteiger partial charge is 0.480 e. The molecule has 112 valence electrons. The summed E-state index contributed by atoms with van der Waals surface area (Å²) in [6, 6.07) is 9.15. The van der Waals surface area contributed by atoms with Gasteiger partial charge in [0.15, 0.2) is 0 Å². The predicted octanol–water partition coefficient (Wildman–Crippen LogP) is 1.63. The van der Waals surface area contributed by atoms with Gasteiger partial charge < -0.3 is 19.9 Å². The fraction of sp³-hybridized carbons (Fsp3) is 0.533. The van der Waals surface area contributed by atoms with E-state index in [1.165, 1.54) is 0 Å². The summed E-state index contributed by atoms with van der Waals surface area (Å²) >= 11 is 0. The number of aliphatic carboxylic acids is 1. The van der Waals surface area contributed by atoms with Crippen LogP contribution in [0.4, 0.5) is 0 Å². The Hall–Kier alpha value is -1.43. The van der Waals surface area contributed by atoms with Crippen molar-refractivity contribution in [3.05, 3.63) is 35.9 Å². The second kappa shape index (κ2) is 8.68. The van der Waals surface area contributed by atoms with Gasteiger partial charge in [0.1, 0.15) is 5.54 Å². The molecule has 5 nitrogen and oxygen atoms in total. The van der Waals surface area contributed by atoms with Gasteiger partial charge in [0.2, 0.25) is 0 Å². The first-order valence-electron chi connectivity index (χ1n) is 6.80. The van der Waals surface area contributed by atoms with Crippen molar-refractivity contribution < 1.29 is 19.4 Å². The fourth-order valence-corrected chi connectivity index (χ4v) is 2.06. The van der Waals surface area contributed by atoms with Crippen molar-refractivity contribution >= 4 is 5.97 Å². The number of carboxylic acids is 1. The first kappa shape index (κ1) is 16.6. The zero-order chi connectivity index (χ0) is 14.8. The smallest absolute Gasteiger partial charge is 0.328 e. The van der Waals surface area contributed by atoms with Crippen molar-refractivity contribution in [1.82, 2.24) is 5.32 Å². The molecule has 1 rings (SSSR count). The van der Waals surface area contributed by atoms with E-state index in [0.29, 0.717) is 32.8 Å². The number of nitrogens with one attached hydrogen (secondary N) is 1. The second-order valence-corrected chi connectivity index (χ2v) is 4.39. The molecule has 2 N–H and O–H groups in total. The number of rotatable bonds is 10. The molecule has 1 aromatic carbocycles. The number of hydrogen-bond acceptors (Lipinski definition) is 4. The SMILES string of the molecule is CCOCCOCCC(NC)(C(=O)O)c1ccccc1. The standard InChI is InChI=1S/C15H23NO4/c1-3-19-11-12-20-10-9-15(16-2,14(17)18)13-7-5-4-6-8-13/h4-8,16H,3,9-12H2,1-2H3,(H,17,18). The second-order valence-electron chi connectivity index (χ2n) is 4.39. The van der Waals surface area contributed by atoms with Crippen molar-refractivity contribution in [3.8, 4) is 0 Å². The Morgan fingerprint density at radius 3 is 2.40 bits per heavy atom. The quantitative estimate of drug-likeness (QED) is 0.638. The monoisotopic (exact) mass is 281 g/mol. The van der Waals surface area contributed by atoms with E-state index in [4.69, 9.17) is 9.47 Å². The fourth-order valence-electron chi connectivity index (χ4n) is 2.06. The Morgan fingerprint density at radius 1 is 1.20 bits per heavy atom. The summed E-state index contributed by atoms with van der Waals surface area (Å²) in [5, 5.41) is 12.5. The van der Waals surface area contributed by atoms with Crippen LogP contribution in [0.1, 0.15) is 18.9 Å². The molecule has 0 aromatic heterocycles. The van der Waals surface area contributed by atoms with E-state index in [-0.39, 0.29) is 0 Å². The number of hydrogen-bond donors (Lipinski definition) is 2. The van der Waals surface area contributed by atoms with E-state index >= 15 is 0 Å². The maximum absolute atomic E-state index is 11.7. The first-order valence-corrected chi connectivity index (χ1v) is 6.80. The summed E-state index contributed by atoms with van der Waals surface area (Å²) in [5.41, 5.74) is -0.393. The van der Waals surface area contributed by atoms with Crippen LogP contribution >= 0.6 is 0 Å². The van der Waals surface area contributed by atoms with Crippen molar-refractivity contribution in [2.75, 3.05) is 33.5 Å². The third-order valence-electron chi connectivity index (χ3n) is 3.26. The van der Waals surface area contributed by atoms with Crippen LogP contribution in [0.5, 0.6) is 0 Å². The molecule has 1 atom stereocenters. The molecule has 0 fully saturated rings. The van der Waals surface area contributed by atoms with Gasteiger partial charge in [0, 0.05) is 19.6 Å². The van der Waals surface area contributed by atoms with Gasteiger partial charge in [0.25, 0.3) is 0 Å². The van der Waals surface area contributed by atoms with E-state index in [0.717, 1.165) is 5.56 Å². The number of carbonyl (C=O) groups is 1. The number of ether oxygens (including phenoxy) is 2. The Bertz CT molecular complexity index is 396. The van der Waals surface area contributed by atoms with Crippen molar-refractivity contribution in [2.45, 2.75) is 18.9 Å². The Kier molecular flexibility index (Phi) is 7.22. The minimum Gasteiger partial charge on any atom is -0.480 e.